The third-order valence-electron chi connectivity index (χ3n) is 5.03. The number of likely N-dealkylation sites (tertiary alicyclic amines) is 1. The first-order valence-corrected chi connectivity index (χ1v) is 8.22. The summed E-state index contributed by atoms with van der Waals surface area (Å²) in [4.78, 5) is 22.9. The molecule has 1 amide bonds. The maximum atomic E-state index is 12.4. The van der Waals surface area contributed by atoms with Crippen LogP contribution in [-0.2, 0) is 10.2 Å². The summed E-state index contributed by atoms with van der Waals surface area (Å²) >= 11 is 0. The number of aryl methyl sites for hydroxylation is 1. The van der Waals surface area contributed by atoms with E-state index in [0.717, 1.165) is 17.8 Å². The fraction of sp³-hybridized carbons (Fsp3) is 0.722. The molecule has 128 valence electrons. The smallest absolute Gasteiger partial charge is 0.410 e. The van der Waals surface area contributed by atoms with E-state index in [1.54, 1.807) is 0 Å². The van der Waals surface area contributed by atoms with Crippen LogP contribution in [0.5, 0.6) is 0 Å². The van der Waals surface area contributed by atoms with E-state index in [1.807, 2.05) is 45.0 Å². The highest BCUT2D eigenvalue weighted by molar-refractivity contribution is 5.68. The van der Waals surface area contributed by atoms with E-state index in [9.17, 15) is 4.79 Å². The topological polar surface area (TPSA) is 55.3 Å². The van der Waals surface area contributed by atoms with Crippen LogP contribution in [0.4, 0.5) is 4.79 Å². The van der Waals surface area contributed by atoms with Gasteiger partial charge in [-0.05, 0) is 45.1 Å². The molecule has 0 saturated carbocycles. The van der Waals surface area contributed by atoms with Gasteiger partial charge in [-0.3, -0.25) is 0 Å². The lowest BCUT2D eigenvalue weighted by molar-refractivity contribution is -0.0102. The van der Waals surface area contributed by atoms with Gasteiger partial charge >= 0.3 is 6.09 Å². The maximum Gasteiger partial charge on any atom is 0.410 e. The van der Waals surface area contributed by atoms with Gasteiger partial charge in [-0.15, -0.1) is 0 Å². The number of nitrogens with zero attached hydrogens (tertiary/aromatic N) is 3. The molecule has 0 N–H and O–H groups in total. The molecule has 0 aromatic carbocycles. The number of hydrogen-bond acceptors (Lipinski definition) is 4. The van der Waals surface area contributed by atoms with Crippen molar-refractivity contribution in [2.75, 3.05) is 13.1 Å². The molecule has 2 heterocycles. The van der Waals surface area contributed by atoms with E-state index in [4.69, 9.17) is 4.74 Å². The molecule has 0 spiro atoms. The van der Waals surface area contributed by atoms with Crippen LogP contribution in [0, 0.1) is 12.3 Å². The van der Waals surface area contributed by atoms with Crippen LogP contribution in [0.15, 0.2) is 12.4 Å². The number of aromatic nitrogens is 2. The zero-order chi connectivity index (χ0) is 17.5. The molecule has 1 fully saturated rings. The highest BCUT2D eigenvalue weighted by Gasteiger charge is 2.48. The number of hydrogen-bond donors (Lipinski definition) is 0. The predicted octanol–water partition coefficient (Wildman–Crippen LogP) is 3.71. The molecule has 0 radical (unpaired) electrons. The molecular weight excluding hydrogens is 290 g/mol. The molecule has 2 rings (SSSR count). The van der Waals surface area contributed by atoms with Gasteiger partial charge in [0.25, 0.3) is 0 Å². The van der Waals surface area contributed by atoms with E-state index in [2.05, 4.69) is 30.7 Å². The van der Waals surface area contributed by atoms with Gasteiger partial charge in [0.2, 0.25) is 0 Å². The molecular formula is C18H29N3O2. The van der Waals surface area contributed by atoms with Gasteiger partial charge < -0.3 is 9.64 Å². The van der Waals surface area contributed by atoms with E-state index in [0.29, 0.717) is 13.1 Å². The Hall–Kier alpha value is -1.65. The molecule has 5 heteroatoms. The highest BCUT2D eigenvalue weighted by Crippen LogP contribution is 2.47. The van der Waals surface area contributed by atoms with Crippen LogP contribution in [0.2, 0.25) is 0 Å². The van der Waals surface area contributed by atoms with Crippen molar-refractivity contribution in [3.05, 3.63) is 23.8 Å². The molecule has 1 aromatic heterocycles. The molecule has 0 aliphatic carbocycles. The van der Waals surface area contributed by atoms with Crippen LogP contribution in [0.25, 0.3) is 0 Å². The van der Waals surface area contributed by atoms with Crippen LogP contribution in [0.1, 0.15) is 59.4 Å². The zero-order valence-corrected chi connectivity index (χ0v) is 15.4. The van der Waals surface area contributed by atoms with Crippen molar-refractivity contribution in [1.82, 2.24) is 14.9 Å². The molecule has 1 aliphatic heterocycles. The van der Waals surface area contributed by atoms with E-state index in [-0.39, 0.29) is 16.9 Å². The average Bonchev–Trinajstić information content (AvgIpc) is 2.40. The number of carbonyl (C=O) groups is 1. The first-order chi connectivity index (χ1) is 10.4. The second-order valence-corrected chi connectivity index (χ2v) is 8.39. The lowest BCUT2D eigenvalue weighted by atomic mass is 9.59. The summed E-state index contributed by atoms with van der Waals surface area (Å²) in [6.45, 7) is 15.6. The summed E-state index contributed by atoms with van der Waals surface area (Å²) in [5.74, 6) is 0.779. The van der Waals surface area contributed by atoms with Crippen molar-refractivity contribution >= 4 is 6.09 Å². The van der Waals surface area contributed by atoms with Crippen LogP contribution >= 0.6 is 0 Å². The summed E-state index contributed by atoms with van der Waals surface area (Å²) in [5.41, 5.74) is 0.504. The van der Waals surface area contributed by atoms with Gasteiger partial charge in [0.05, 0.1) is 0 Å². The minimum atomic E-state index is -0.466. The molecule has 1 aliphatic rings. The summed E-state index contributed by atoms with van der Waals surface area (Å²) in [6, 6.07) is 0. The SMILES string of the molecule is Cc1ncc([C@@]2(C)CCN(C(=O)OC(C)(C)C)CC2(C)C)cn1. The van der Waals surface area contributed by atoms with E-state index >= 15 is 0 Å². The molecule has 23 heavy (non-hydrogen) atoms. The third kappa shape index (κ3) is 3.65. The minimum absolute atomic E-state index is 0.0702. The monoisotopic (exact) mass is 319 g/mol. The van der Waals surface area contributed by atoms with Crippen molar-refractivity contribution in [3.8, 4) is 0 Å². The van der Waals surface area contributed by atoms with Gasteiger partial charge in [0.1, 0.15) is 11.4 Å². The number of carbonyl (C=O) groups excluding carboxylic acids is 1. The lowest BCUT2D eigenvalue weighted by Gasteiger charge is -2.51. The Morgan fingerprint density at radius 2 is 1.78 bits per heavy atom. The normalized spacial score (nSPS) is 24.4. The molecule has 0 bridgehead atoms. The Labute approximate surface area is 139 Å². The number of amides is 1. The zero-order valence-electron chi connectivity index (χ0n) is 15.4. The summed E-state index contributed by atoms with van der Waals surface area (Å²) in [7, 11) is 0. The van der Waals surface area contributed by atoms with Crippen molar-refractivity contribution in [2.45, 2.75) is 65.9 Å². The van der Waals surface area contributed by atoms with Crippen molar-refractivity contribution in [1.29, 1.82) is 0 Å². The second-order valence-electron chi connectivity index (χ2n) is 8.39. The van der Waals surface area contributed by atoms with Crippen molar-refractivity contribution < 1.29 is 9.53 Å². The second kappa shape index (κ2) is 5.77. The standard InChI is InChI=1S/C18H29N3O2/c1-13-19-10-14(11-20-13)18(7)8-9-21(12-17(18,5)6)15(22)23-16(2,3)4/h10-11H,8-9,12H2,1-7H3/t18-/m1/s1. The van der Waals surface area contributed by atoms with Crippen molar-refractivity contribution in [2.24, 2.45) is 5.41 Å². The molecule has 1 aromatic rings. The Bertz CT molecular complexity index is 575. The van der Waals surface area contributed by atoms with Gasteiger partial charge in [-0.1, -0.05) is 20.8 Å². The summed E-state index contributed by atoms with van der Waals surface area (Å²) < 4.78 is 5.52. The number of piperidine rings is 1. The lowest BCUT2D eigenvalue weighted by Crippen LogP contribution is -2.56. The minimum Gasteiger partial charge on any atom is -0.444 e. The largest absolute Gasteiger partial charge is 0.444 e. The predicted molar refractivity (Wildman–Crippen MR) is 90.3 cm³/mol. The Morgan fingerprint density at radius 3 is 2.26 bits per heavy atom. The van der Waals surface area contributed by atoms with Crippen molar-refractivity contribution in [3.63, 3.8) is 0 Å². The summed E-state index contributed by atoms with van der Waals surface area (Å²) in [5, 5.41) is 0. The van der Waals surface area contributed by atoms with E-state index < -0.39 is 5.60 Å². The van der Waals surface area contributed by atoms with Gasteiger partial charge in [-0.25, -0.2) is 14.8 Å². The fourth-order valence-corrected chi connectivity index (χ4v) is 3.12. The van der Waals surface area contributed by atoms with Gasteiger partial charge in [0, 0.05) is 30.9 Å². The quantitative estimate of drug-likeness (QED) is 0.792. The van der Waals surface area contributed by atoms with Gasteiger partial charge in [-0.2, -0.15) is 0 Å². The summed E-state index contributed by atoms with van der Waals surface area (Å²) in [6.07, 6.45) is 4.49. The highest BCUT2D eigenvalue weighted by atomic mass is 16.6. The first kappa shape index (κ1) is 17.7. The van der Waals surface area contributed by atoms with E-state index in [1.165, 1.54) is 0 Å². The van der Waals surface area contributed by atoms with Crippen LogP contribution < -0.4 is 0 Å². The average molecular weight is 319 g/mol. The Balaban J connectivity index is 2.20. The Morgan fingerprint density at radius 1 is 1.22 bits per heavy atom. The molecule has 1 atom stereocenters. The van der Waals surface area contributed by atoms with Crippen LogP contribution in [0.3, 0.4) is 0 Å². The molecule has 0 unspecified atom stereocenters. The Kier molecular flexibility index (Phi) is 4.44. The van der Waals surface area contributed by atoms with Crippen LogP contribution in [-0.4, -0.2) is 39.7 Å². The number of ether oxygens (including phenoxy) is 1. The van der Waals surface area contributed by atoms with Gasteiger partial charge in [0.15, 0.2) is 0 Å². The fourth-order valence-electron chi connectivity index (χ4n) is 3.12. The number of rotatable bonds is 1. The third-order valence-corrected chi connectivity index (χ3v) is 5.03. The molecule has 5 nitrogen and oxygen atoms in total. The molecule has 1 saturated heterocycles. The first-order valence-electron chi connectivity index (χ1n) is 8.22. The maximum absolute atomic E-state index is 12.4.